The van der Waals surface area contributed by atoms with Gasteiger partial charge in [-0.1, -0.05) is 12.1 Å². The Morgan fingerprint density at radius 3 is 3.31 bits per heavy atom. The minimum atomic E-state index is 0.670. The molecule has 0 amide bonds. The lowest BCUT2D eigenvalue weighted by Crippen LogP contribution is -1.87. The molecule has 0 fully saturated rings. The van der Waals surface area contributed by atoms with Crippen molar-refractivity contribution in [3.63, 3.8) is 0 Å². The summed E-state index contributed by atoms with van der Waals surface area (Å²) < 4.78 is 5.37. The molecule has 1 heterocycles. The Labute approximate surface area is 76.6 Å². The van der Waals surface area contributed by atoms with Gasteiger partial charge >= 0.3 is 0 Å². The molecule has 13 heavy (non-hydrogen) atoms. The highest BCUT2D eigenvalue weighted by Gasteiger charge is 2.11. The first-order chi connectivity index (χ1) is 6.40. The predicted octanol–water partition coefficient (Wildman–Crippen LogP) is 1.62. The molecular formula is C10H11NO2. The molecular weight excluding hydrogens is 166 g/mol. The predicted molar refractivity (Wildman–Crippen MR) is 49.6 cm³/mol. The van der Waals surface area contributed by atoms with E-state index in [4.69, 9.17) is 9.94 Å². The molecule has 0 unspecified atom stereocenters. The van der Waals surface area contributed by atoms with Crippen LogP contribution in [0.2, 0.25) is 0 Å². The first-order valence-corrected chi connectivity index (χ1v) is 4.30. The standard InChI is InChI=1S/C10H11NO2/c12-11-5-3-8-1-2-10-9(7-8)4-6-13-10/h1-2,5,7,12H,3-4,6H2. The number of hydrogen-bond donors (Lipinski definition) is 1. The highest BCUT2D eigenvalue weighted by Crippen LogP contribution is 2.25. The van der Waals surface area contributed by atoms with E-state index < -0.39 is 0 Å². The molecule has 0 aromatic heterocycles. The zero-order valence-electron chi connectivity index (χ0n) is 7.23. The quantitative estimate of drug-likeness (QED) is 0.423. The largest absolute Gasteiger partial charge is 0.493 e. The molecule has 1 aliphatic heterocycles. The Bertz CT molecular complexity index is 334. The maximum Gasteiger partial charge on any atom is 0.122 e. The summed E-state index contributed by atoms with van der Waals surface area (Å²) in [7, 11) is 0. The van der Waals surface area contributed by atoms with Gasteiger partial charge < -0.3 is 9.94 Å². The van der Waals surface area contributed by atoms with E-state index in [0.717, 1.165) is 24.3 Å². The van der Waals surface area contributed by atoms with Crippen LogP contribution in [0, 0.1) is 0 Å². The minimum absolute atomic E-state index is 0.670. The molecule has 0 saturated carbocycles. The summed E-state index contributed by atoms with van der Waals surface area (Å²) in [6.45, 7) is 0.785. The molecule has 0 bridgehead atoms. The average molecular weight is 177 g/mol. The molecule has 3 nitrogen and oxygen atoms in total. The molecule has 0 saturated heterocycles. The average Bonchev–Trinajstić information content (AvgIpc) is 2.61. The van der Waals surface area contributed by atoms with Crippen molar-refractivity contribution >= 4 is 6.21 Å². The van der Waals surface area contributed by atoms with Gasteiger partial charge in [0.25, 0.3) is 0 Å². The SMILES string of the molecule is ON=CCc1ccc2c(c1)CCO2. The topological polar surface area (TPSA) is 41.8 Å². The van der Waals surface area contributed by atoms with E-state index in [9.17, 15) is 0 Å². The van der Waals surface area contributed by atoms with Gasteiger partial charge in [-0.3, -0.25) is 0 Å². The number of fused-ring (bicyclic) bond motifs is 1. The van der Waals surface area contributed by atoms with E-state index in [2.05, 4.69) is 11.2 Å². The third-order valence-electron chi connectivity index (χ3n) is 2.16. The summed E-state index contributed by atoms with van der Waals surface area (Å²) in [6, 6.07) is 6.07. The summed E-state index contributed by atoms with van der Waals surface area (Å²) in [5.41, 5.74) is 2.41. The van der Waals surface area contributed by atoms with E-state index >= 15 is 0 Å². The third-order valence-corrected chi connectivity index (χ3v) is 2.16. The molecule has 0 atom stereocenters. The Morgan fingerprint density at radius 1 is 1.54 bits per heavy atom. The van der Waals surface area contributed by atoms with Crippen molar-refractivity contribution in [1.82, 2.24) is 0 Å². The van der Waals surface area contributed by atoms with Crippen LogP contribution in [0.5, 0.6) is 5.75 Å². The Kier molecular flexibility index (Phi) is 2.17. The van der Waals surface area contributed by atoms with Gasteiger partial charge in [0.15, 0.2) is 0 Å². The Balaban J connectivity index is 2.20. The lowest BCUT2D eigenvalue weighted by atomic mass is 10.1. The fourth-order valence-electron chi connectivity index (χ4n) is 1.51. The highest BCUT2D eigenvalue weighted by molar-refractivity contribution is 5.61. The van der Waals surface area contributed by atoms with Gasteiger partial charge in [0.05, 0.1) is 6.61 Å². The second-order valence-electron chi connectivity index (χ2n) is 3.04. The minimum Gasteiger partial charge on any atom is -0.493 e. The lowest BCUT2D eigenvalue weighted by Gasteiger charge is -2.00. The molecule has 0 spiro atoms. The fourth-order valence-corrected chi connectivity index (χ4v) is 1.51. The molecule has 68 valence electrons. The van der Waals surface area contributed by atoms with Crippen LogP contribution in [0.25, 0.3) is 0 Å². The van der Waals surface area contributed by atoms with Gasteiger partial charge in [0, 0.05) is 19.1 Å². The highest BCUT2D eigenvalue weighted by atomic mass is 16.5. The van der Waals surface area contributed by atoms with Gasteiger partial charge in [-0.15, -0.1) is 5.16 Å². The molecule has 1 aromatic carbocycles. The van der Waals surface area contributed by atoms with Gasteiger partial charge in [0.1, 0.15) is 5.75 Å². The molecule has 0 aliphatic carbocycles. The first kappa shape index (κ1) is 8.10. The van der Waals surface area contributed by atoms with Gasteiger partial charge in [0.2, 0.25) is 0 Å². The summed E-state index contributed by atoms with van der Waals surface area (Å²) in [6.07, 6.45) is 3.14. The van der Waals surface area contributed by atoms with Crippen LogP contribution in [0.1, 0.15) is 11.1 Å². The van der Waals surface area contributed by atoms with Crippen molar-refractivity contribution < 1.29 is 9.94 Å². The molecule has 1 aromatic rings. The maximum atomic E-state index is 8.27. The lowest BCUT2D eigenvalue weighted by molar-refractivity contribution is 0.321. The van der Waals surface area contributed by atoms with E-state index in [1.54, 1.807) is 0 Å². The number of hydrogen-bond acceptors (Lipinski definition) is 3. The smallest absolute Gasteiger partial charge is 0.122 e. The molecule has 1 N–H and O–H groups in total. The van der Waals surface area contributed by atoms with Crippen molar-refractivity contribution in [2.24, 2.45) is 5.16 Å². The van der Waals surface area contributed by atoms with Crippen LogP contribution in [0.15, 0.2) is 23.4 Å². The van der Waals surface area contributed by atoms with Crippen molar-refractivity contribution in [2.75, 3.05) is 6.61 Å². The van der Waals surface area contributed by atoms with Crippen LogP contribution in [0.4, 0.5) is 0 Å². The monoisotopic (exact) mass is 177 g/mol. The first-order valence-electron chi connectivity index (χ1n) is 4.30. The van der Waals surface area contributed by atoms with Crippen molar-refractivity contribution in [3.8, 4) is 5.75 Å². The second-order valence-corrected chi connectivity index (χ2v) is 3.04. The van der Waals surface area contributed by atoms with Gasteiger partial charge in [-0.25, -0.2) is 0 Å². The van der Waals surface area contributed by atoms with Gasteiger partial charge in [-0.05, 0) is 17.2 Å². The number of rotatable bonds is 2. The zero-order chi connectivity index (χ0) is 9.10. The molecule has 3 heteroatoms. The summed E-state index contributed by atoms with van der Waals surface area (Å²) >= 11 is 0. The zero-order valence-corrected chi connectivity index (χ0v) is 7.23. The molecule has 1 aliphatic rings. The van der Waals surface area contributed by atoms with E-state index in [1.165, 1.54) is 11.8 Å². The van der Waals surface area contributed by atoms with Crippen LogP contribution in [-0.2, 0) is 12.8 Å². The Morgan fingerprint density at radius 2 is 2.46 bits per heavy atom. The van der Waals surface area contributed by atoms with Crippen molar-refractivity contribution in [3.05, 3.63) is 29.3 Å². The number of ether oxygens (including phenoxy) is 1. The second kappa shape index (κ2) is 3.47. The number of oxime groups is 1. The van der Waals surface area contributed by atoms with Crippen LogP contribution in [-0.4, -0.2) is 18.0 Å². The Hall–Kier alpha value is -1.51. The number of nitrogens with zero attached hydrogens (tertiary/aromatic N) is 1. The summed E-state index contributed by atoms with van der Waals surface area (Å²) in [4.78, 5) is 0. The summed E-state index contributed by atoms with van der Waals surface area (Å²) in [5, 5.41) is 11.2. The number of benzene rings is 1. The van der Waals surface area contributed by atoms with Crippen LogP contribution < -0.4 is 4.74 Å². The molecule has 0 radical (unpaired) electrons. The molecule has 2 rings (SSSR count). The van der Waals surface area contributed by atoms with E-state index in [1.807, 2.05) is 12.1 Å². The summed E-state index contributed by atoms with van der Waals surface area (Å²) in [5.74, 6) is 0.990. The fraction of sp³-hybridized carbons (Fsp3) is 0.300. The van der Waals surface area contributed by atoms with Crippen LogP contribution in [0.3, 0.4) is 0 Å². The van der Waals surface area contributed by atoms with E-state index in [0.29, 0.717) is 6.42 Å². The normalized spacial score (nSPS) is 14.5. The third kappa shape index (κ3) is 1.64. The van der Waals surface area contributed by atoms with Gasteiger partial charge in [-0.2, -0.15) is 0 Å². The maximum absolute atomic E-state index is 8.27. The van der Waals surface area contributed by atoms with Crippen molar-refractivity contribution in [1.29, 1.82) is 0 Å². The van der Waals surface area contributed by atoms with E-state index in [-0.39, 0.29) is 0 Å². The van der Waals surface area contributed by atoms with Crippen LogP contribution >= 0.6 is 0 Å². The van der Waals surface area contributed by atoms with Crippen molar-refractivity contribution in [2.45, 2.75) is 12.8 Å².